The molecule has 16 heteroatoms. The van der Waals surface area contributed by atoms with Gasteiger partial charge in [-0.15, -0.1) is 0 Å². The van der Waals surface area contributed by atoms with Crippen LogP contribution in [0.5, 0.6) is 5.75 Å². The Morgan fingerprint density at radius 1 is 1.06 bits per heavy atom. The van der Waals surface area contributed by atoms with Crippen molar-refractivity contribution in [3.8, 4) is 28.1 Å². The molecule has 16 nitrogen and oxygen atoms in total. The largest absolute Gasteiger partial charge is 0.508 e. The number of carbonyl (C=O) groups is 5. The van der Waals surface area contributed by atoms with Gasteiger partial charge in [-0.05, 0) is 111 Å². The molecule has 348 valence electrons. The average molecular weight is 894 g/mol. The second-order valence-electron chi connectivity index (χ2n) is 18.8. The zero-order valence-corrected chi connectivity index (χ0v) is 38.7. The van der Waals surface area contributed by atoms with Crippen LogP contribution in [0.1, 0.15) is 90.2 Å². The van der Waals surface area contributed by atoms with Crippen molar-refractivity contribution in [1.29, 1.82) is 0 Å². The molecule has 2 saturated heterocycles. The van der Waals surface area contributed by atoms with Crippen molar-refractivity contribution in [2.24, 2.45) is 17.1 Å². The number of phenols is 1. The highest BCUT2D eigenvalue weighted by Crippen LogP contribution is 2.42. The number of nitrogens with zero attached hydrogens (tertiary/aromatic N) is 4. The van der Waals surface area contributed by atoms with Crippen LogP contribution in [-0.2, 0) is 57.6 Å². The predicted molar refractivity (Wildman–Crippen MR) is 244 cm³/mol. The molecule has 2 fully saturated rings. The van der Waals surface area contributed by atoms with E-state index in [2.05, 4.69) is 54.3 Å². The summed E-state index contributed by atoms with van der Waals surface area (Å²) in [5.41, 5.74) is 14.9. The maximum Gasteiger partial charge on any atom is 0.324 e. The molecule has 0 aliphatic carbocycles. The number of amides is 4. The summed E-state index contributed by atoms with van der Waals surface area (Å²) in [5.74, 6) is -3.14. The molecule has 4 aromatic rings. The van der Waals surface area contributed by atoms with E-state index in [4.69, 9.17) is 24.9 Å². The molecule has 2 aromatic heterocycles. The van der Waals surface area contributed by atoms with Gasteiger partial charge in [-0.25, -0.2) is 5.43 Å². The van der Waals surface area contributed by atoms with Crippen LogP contribution < -0.4 is 16.5 Å². The van der Waals surface area contributed by atoms with Crippen LogP contribution in [0.25, 0.3) is 33.3 Å². The third-order valence-corrected chi connectivity index (χ3v) is 13.0. The lowest BCUT2D eigenvalue weighted by Gasteiger charge is -2.37. The standard InChI is InChI=1S/C49H63N7O9/c1-9-55-38-15-14-30-24-34(38)35(43(55)33-12-10-18-51-41(33)28(4)63-8)25-49(5,6)26-64-48(62)36-13-11-19-56(53-36)46(60)37(22-29-20-31(30)23-32(57)21-29)52-45(59)42(27(2)3)54(7)47(61)40-17-16-39(65-40)44(50)58/h10,12,14-15,18,20-21,23-24,27-28,36-37,39-40,42,53,57H,9,11,13,16-17,19,22,25-26H2,1-8H3,(H2,50,58)(H,52,59)/t28-,36-,37-,39-,40+,42-/m0/s1. The number of methoxy groups -OCH3 is 1. The number of aromatic nitrogens is 2. The van der Waals surface area contributed by atoms with Crippen molar-refractivity contribution in [2.75, 3.05) is 27.3 Å². The second kappa shape index (κ2) is 19.3. The number of phenolic OH excluding ortho intramolecular Hbond substituents is 1. The smallest absolute Gasteiger partial charge is 0.324 e. The highest BCUT2D eigenvalue weighted by atomic mass is 16.5. The van der Waals surface area contributed by atoms with Gasteiger partial charge in [-0.1, -0.05) is 39.8 Å². The van der Waals surface area contributed by atoms with Gasteiger partial charge in [-0.2, -0.15) is 0 Å². The van der Waals surface area contributed by atoms with Crippen LogP contribution in [0.15, 0.2) is 54.7 Å². The lowest BCUT2D eigenvalue weighted by molar-refractivity contribution is -0.155. The number of benzene rings is 2. The molecule has 3 aliphatic rings. The number of hydrogen-bond donors (Lipinski definition) is 4. The first-order valence-corrected chi connectivity index (χ1v) is 22.6. The zero-order valence-electron chi connectivity index (χ0n) is 38.7. The summed E-state index contributed by atoms with van der Waals surface area (Å²) < 4.78 is 19.8. The Hall–Kier alpha value is -5.84. The van der Waals surface area contributed by atoms with E-state index in [1.807, 2.05) is 25.1 Å². The first-order chi connectivity index (χ1) is 30.9. The summed E-state index contributed by atoms with van der Waals surface area (Å²) in [5, 5.41) is 16.6. The van der Waals surface area contributed by atoms with Crippen LogP contribution in [0.2, 0.25) is 0 Å². The van der Waals surface area contributed by atoms with Crippen molar-refractivity contribution in [3.05, 3.63) is 71.5 Å². The topological polar surface area (TPSA) is 208 Å². The maximum atomic E-state index is 14.7. The van der Waals surface area contributed by atoms with Crippen LogP contribution in [-0.4, -0.2) is 112 Å². The second-order valence-corrected chi connectivity index (χ2v) is 18.8. The fourth-order valence-corrected chi connectivity index (χ4v) is 9.64. The molecule has 0 saturated carbocycles. The van der Waals surface area contributed by atoms with Gasteiger partial charge in [0.05, 0.1) is 24.1 Å². The van der Waals surface area contributed by atoms with E-state index in [1.54, 1.807) is 39.3 Å². The monoisotopic (exact) mass is 893 g/mol. The first-order valence-electron chi connectivity index (χ1n) is 22.6. The van der Waals surface area contributed by atoms with Gasteiger partial charge in [0.15, 0.2) is 0 Å². The van der Waals surface area contributed by atoms with Crippen molar-refractivity contribution in [3.63, 3.8) is 0 Å². The van der Waals surface area contributed by atoms with Gasteiger partial charge in [0, 0.05) is 61.7 Å². The Kier molecular flexibility index (Phi) is 14.0. The van der Waals surface area contributed by atoms with E-state index < -0.39 is 71.3 Å². The number of carbonyl (C=O) groups excluding carboxylic acids is 5. The quantitative estimate of drug-likeness (QED) is 0.156. The maximum absolute atomic E-state index is 14.7. The van der Waals surface area contributed by atoms with Crippen molar-refractivity contribution < 1.29 is 43.3 Å². The van der Waals surface area contributed by atoms with Crippen molar-refractivity contribution in [1.82, 2.24) is 30.2 Å². The van der Waals surface area contributed by atoms with Crippen molar-refractivity contribution >= 4 is 40.5 Å². The average Bonchev–Trinajstić information content (AvgIpc) is 3.90. The van der Waals surface area contributed by atoms with Gasteiger partial charge in [-0.3, -0.25) is 34.0 Å². The Balaban J connectivity index is 1.32. The Morgan fingerprint density at radius 2 is 1.82 bits per heavy atom. The number of esters is 1. The third-order valence-electron chi connectivity index (χ3n) is 13.0. The molecule has 65 heavy (non-hydrogen) atoms. The number of hydrogen-bond acceptors (Lipinski definition) is 11. The third kappa shape index (κ3) is 9.89. The molecule has 4 amide bonds. The number of ether oxygens (including phenoxy) is 3. The van der Waals surface area contributed by atoms with E-state index in [-0.39, 0.29) is 44.3 Å². The normalized spacial score (nSPS) is 22.3. The van der Waals surface area contributed by atoms with Gasteiger partial charge in [0.1, 0.15) is 36.1 Å². The SMILES string of the molecule is CCn1c(-c2cccnc2[C@H](C)OC)c2c3cc(ccc31)-c1cc(O)cc(c1)C[C@H](NC(=O)[C@H](C(C)C)N(C)C(=O)[C@H]1CC[C@@H](C(N)=O)O1)C(=O)N1CCC[C@H](N1)C(=O)OCC(C)(C)C2. The number of rotatable bonds is 10. The fourth-order valence-electron chi connectivity index (χ4n) is 9.64. The molecule has 0 unspecified atom stereocenters. The fraction of sp³-hybridized carbons (Fsp3) is 0.510. The number of fused-ring (bicyclic) bond motifs is 6. The Morgan fingerprint density at radius 3 is 2.51 bits per heavy atom. The molecule has 5 heterocycles. The van der Waals surface area contributed by atoms with E-state index in [0.29, 0.717) is 36.9 Å². The van der Waals surface area contributed by atoms with Gasteiger partial charge < -0.3 is 39.8 Å². The van der Waals surface area contributed by atoms with E-state index >= 15 is 0 Å². The molecular weight excluding hydrogens is 831 g/mol. The minimum atomic E-state index is -1.19. The van der Waals surface area contributed by atoms with E-state index in [1.165, 1.54) is 17.0 Å². The number of primary amides is 1. The molecule has 6 bridgehead atoms. The minimum Gasteiger partial charge on any atom is -0.508 e. The number of aryl methyl sites for hydroxylation is 1. The molecule has 5 N–H and O–H groups in total. The van der Waals surface area contributed by atoms with Crippen molar-refractivity contribution in [2.45, 2.75) is 123 Å². The summed E-state index contributed by atoms with van der Waals surface area (Å²) in [6.07, 6.45) is 1.61. The number of nitrogens with one attached hydrogen (secondary N) is 2. The number of aromatic hydroxyl groups is 1. The molecule has 0 radical (unpaired) electrons. The molecular formula is C49H63N7O9. The van der Waals surface area contributed by atoms with E-state index in [9.17, 15) is 29.1 Å². The minimum absolute atomic E-state index is 0.0265. The van der Waals surface area contributed by atoms with Crippen LogP contribution in [0, 0.1) is 11.3 Å². The number of pyridine rings is 1. The number of hydrazine groups is 1. The summed E-state index contributed by atoms with van der Waals surface area (Å²) in [7, 11) is 3.17. The first kappa shape index (κ1) is 47.1. The highest BCUT2D eigenvalue weighted by molar-refractivity contribution is 5.96. The van der Waals surface area contributed by atoms with Crippen LogP contribution >= 0.6 is 0 Å². The predicted octanol–water partition coefficient (Wildman–Crippen LogP) is 4.97. The molecule has 6 atom stereocenters. The van der Waals surface area contributed by atoms with Crippen LogP contribution in [0.4, 0.5) is 0 Å². The molecule has 7 rings (SSSR count). The van der Waals surface area contributed by atoms with Gasteiger partial charge in [0.2, 0.25) is 11.8 Å². The number of likely N-dealkylation sites (N-methyl/N-ethyl adjacent to an activating group) is 1. The van der Waals surface area contributed by atoms with Gasteiger partial charge in [0.25, 0.3) is 11.8 Å². The Labute approximate surface area is 380 Å². The lowest BCUT2D eigenvalue weighted by Crippen LogP contribution is -2.62. The Bertz CT molecular complexity index is 2460. The van der Waals surface area contributed by atoms with Gasteiger partial charge >= 0.3 is 5.97 Å². The summed E-state index contributed by atoms with van der Waals surface area (Å²) >= 11 is 0. The lowest BCUT2D eigenvalue weighted by atomic mass is 9.84. The number of cyclic esters (lactones) is 1. The highest BCUT2D eigenvalue weighted by Gasteiger charge is 2.41. The zero-order chi connectivity index (χ0) is 46.9. The summed E-state index contributed by atoms with van der Waals surface area (Å²) in [4.78, 5) is 74.6. The van der Waals surface area contributed by atoms with Crippen LogP contribution in [0.3, 0.4) is 0 Å². The molecule has 3 aliphatic heterocycles. The molecule has 2 aromatic carbocycles. The number of nitrogens with two attached hydrogens (primary N) is 1. The van der Waals surface area contributed by atoms with E-state index in [0.717, 1.165) is 39.0 Å². The summed E-state index contributed by atoms with van der Waals surface area (Å²) in [6.45, 7) is 12.8. The molecule has 0 spiro atoms. The summed E-state index contributed by atoms with van der Waals surface area (Å²) in [6, 6.07) is 12.3.